The van der Waals surface area contributed by atoms with E-state index < -0.39 is 0 Å². The number of aryl methyl sites for hydroxylation is 1. The molecule has 0 bridgehead atoms. The minimum atomic E-state index is -0.332. The molecule has 1 heterocycles. The van der Waals surface area contributed by atoms with Crippen molar-refractivity contribution >= 4 is 11.8 Å². The van der Waals surface area contributed by atoms with Crippen molar-refractivity contribution in [2.45, 2.75) is 38.7 Å². The highest BCUT2D eigenvalue weighted by Gasteiger charge is 2.19. The van der Waals surface area contributed by atoms with Gasteiger partial charge in [0.15, 0.2) is 23.1 Å². The predicted molar refractivity (Wildman–Crippen MR) is 121 cm³/mol. The molecule has 0 atom stereocenters. The number of benzene rings is 2. The standard InChI is InChI=1S/C25H29FN2O3/c1-18-6-5-9-22(26)25(18)30-13-12-28-16-20(15-27-17-28)19-10-11-23(29-2)24(14-19)31-21-7-3-4-8-21/h5-6,9-11,14-16,21H,3-4,7-8,12-13,17H2,1-2H3. The minimum Gasteiger partial charge on any atom is -0.493 e. The summed E-state index contributed by atoms with van der Waals surface area (Å²) in [5.41, 5.74) is 2.81. The van der Waals surface area contributed by atoms with Crippen molar-refractivity contribution in [2.75, 3.05) is 26.9 Å². The topological polar surface area (TPSA) is 43.3 Å². The number of rotatable bonds is 8. The van der Waals surface area contributed by atoms with E-state index in [9.17, 15) is 4.39 Å². The second-order valence-electron chi connectivity index (χ2n) is 7.97. The summed E-state index contributed by atoms with van der Waals surface area (Å²) >= 11 is 0. The molecule has 2 aromatic rings. The van der Waals surface area contributed by atoms with Gasteiger partial charge in [-0.25, -0.2) is 4.39 Å². The Hall–Kier alpha value is -3.02. The van der Waals surface area contributed by atoms with Crippen LogP contribution in [0.5, 0.6) is 17.2 Å². The number of ether oxygens (including phenoxy) is 3. The molecule has 0 radical (unpaired) electrons. The first kappa shape index (κ1) is 21.2. The molecule has 5 nitrogen and oxygen atoms in total. The molecule has 0 N–H and O–H groups in total. The summed E-state index contributed by atoms with van der Waals surface area (Å²) in [6.07, 6.45) is 8.81. The molecular formula is C25H29FN2O3. The predicted octanol–water partition coefficient (Wildman–Crippen LogP) is 5.23. The molecule has 6 heteroatoms. The molecule has 1 saturated carbocycles. The number of hydrogen-bond donors (Lipinski definition) is 0. The lowest BCUT2D eigenvalue weighted by Crippen LogP contribution is -2.26. The number of nitrogens with zero attached hydrogens (tertiary/aromatic N) is 2. The van der Waals surface area contributed by atoms with Crippen molar-refractivity contribution in [1.82, 2.24) is 4.90 Å². The molecule has 0 amide bonds. The first-order valence-corrected chi connectivity index (χ1v) is 10.8. The van der Waals surface area contributed by atoms with Crippen molar-refractivity contribution in [2.24, 2.45) is 4.99 Å². The molecule has 2 aliphatic rings. The Bertz CT molecular complexity index is 947. The highest BCUT2D eigenvalue weighted by Crippen LogP contribution is 2.34. The van der Waals surface area contributed by atoms with Crippen LogP contribution in [0.1, 0.15) is 36.8 Å². The maximum Gasteiger partial charge on any atom is 0.165 e. The molecule has 0 saturated heterocycles. The summed E-state index contributed by atoms with van der Waals surface area (Å²) in [5, 5.41) is 0. The van der Waals surface area contributed by atoms with E-state index in [1.165, 1.54) is 18.9 Å². The van der Waals surface area contributed by atoms with Crippen LogP contribution in [-0.2, 0) is 0 Å². The van der Waals surface area contributed by atoms with Crippen LogP contribution in [0.3, 0.4) is 0 Å². The van der Waals surface area contributed by atoms with E-state index in [4.69, 9.17) is 14.2 Å². The Morgan fingerprint density at radius 2 is 1.97 bits per heavy atom. The van der Waals surface area contributed by atoms with Gasteiger partial charge in [0.05, 0.1) is 19.8 Å². The number of allylic oxidation sites excluding steroid dienone is 1. The Labute approximate surface area is 183 Å². The molecule has 1 aliphatic heterocycles. The molecule has 0 unspecified atom stereocenters. The van der Waals surface area contributed by atoms with Crippen LogP contribution in [0.4, 0.5) is 4.39 Å². The monoisotopic (exact) mass is 424 g/mol. The fourth-order valence-electron chi connectivity index (χ4n) is 4.00. The maximum atomic E-state index is 13.9. The zero-order valence-electron chi connectivity index (χ0n) is 18.1. The number of hydrogen-bond acceptors (Lipinski definition) is 5. The first-order valence-electron chi connectivity index (χ1n) is 10.8. The lowest BCUT2D eigenvalue weighted by atomic mass is 10.1. The molecule has 164 valence electrons. The molecule has 4 rings (SSSR count). The van der Waals surface area contributed by atoms with E-state index >= 15 is 0 Å². The van der Waals surface area contributed by atoms with E-state index in [1.54, 1.807) is 13.2 Å². The van der Waals surface area contributed by atoms with Crippen molar-refractivity contribution in [3.63, 3.8) is 0 Å². The quantitative estimate of drug-likeness (QED) is 0.582. The Kier molecular flexibility index (Phi) is 6.75. The number of para-hydroxylation sites is 1. The van der Waals surface area contributed by atoms with Gasteiger partial charge >= 0.3 is 0 Å². The fourth-order valence-corrected chi connectivity index (χ4v) is 4.00. The van der Waals surface area contributed by atoms with Crippen LogP contribution in [0.2, 0.25) is 0 Å². The van der Waals surface area contributed by atoms with Gasteiger partial charge in [-0.2, -0.15) is 0 Å². The van der Waals surface area contributed by atoms with E-state index in [-0.39, 0.29) is 11.9 Å². The SMILES string of the molecule is COc1ccc(C2=CN(CCOc3c(C)cccc3F)CN=C2)cc1OC1CCCC1. The van der Waals surface area contributed by atoms with Crippen molar-refractivity contribution in [3.8, 4) is 17.2 Å². The summed E-state index contributed by atoms with van der Waals surface area (Å²) in [6.45, 7) is 3.37. The van der Waals surface area contributed by atoms with Crippen LogP contribution in [0.25, 0.3) is 5.57 Å². The van der Waals surface area contributed by atoms with Crippen molar-refractivity contribution in [3.05, 3.63) is 59.5 Å². The normalized spacial score (nSPS) is 16.4. The second-order valence-corrected chi connectivity index (χ2v) is 7.97. The number of methoxy groups -OCH3 is 1. The third kappa shape index (κ3) is 5.19. The van der Waals surface area contributed by atoms with Crippen LogP contribution in [-0.4, -0.2) is 44.1 Å². The molecule has 2 aromatic carbocycles. The average molecular weight is 425 g/mol. The van der Waals surface area contributed by atoms with Gasteiger partial charge in [0.2, 0.25) is 0 Å². The average Bonchev–Trinajstić information content (AvgIpc) is 3.29. The number of halogens is 1. The van der Waals surface area contributed by atoms with Gasteiger partial charge in [-0.15, -0.1) is 0 Å². The minimum absolute atomic E-state index is 0.258. The van der Waals surface area contributed by atoms with Crippen LogP contribution < -0.4 is 14.2 Å². The maximum absolute atomic E-state index is 13.9. The molecule has 1 aliphatic carbocycles. The molecule has 31 heavy (non-hydrogen) atoms. The van der Waals surface area contributed by atoms with E-state index in [1.807, 2.05) is 37.4 Å². The summed E-state index contributed by atoms with van der Waals surface area (Å²) in [7, 11) is 1.66. The van der Waals surface area contributed by atoms with Gasteiger partial charge in [0.25, 0.3) is 0 Å². The summed E-state index contributed by atoms with van der Waals surface area (Å²) < 4.78 is 31.4. The van der Waals surface area contributed by atoms with E-state index in [2.05, 4.69) is 16.1 Å². The third-order valence-electron chi connectivity index (χ3n) is 5.70. The highest BCUT2D eigenvalue weighted by atomic mass is 19.1. The van der Waals surface area contributed by atoms with E-state index in [0.29, 0.717) is 25.6 Å². The lowest BCUT2D eigenvalue weighted by Gasteiger charge is -2.23. The lowest BCUT2D eigenvalue weighted by molar-refractivity contribution is 0.200. The summed E-state index contributed by atoms with van der Waals surface area (Å²) in [4.78, 5) is 6.55. The van der Waals surface area contributed by atoms with Crippen LogP contribution in [0, 0.1) is 12.7 Å². The first-order chi connectivity index (χ1) is 15.1. The van der Waals surface area contributed by atoms with E-state index in [0.717, 1.165) is 41.0 Å². The van der Waals surface area contributed by atoms with Gasteiger partial charge in [0.1, 0.15) is 13.3 Å². The molecule has 0 aromatic heterocycles. The van der Waals surface area contributed by atoms with Crippen LogP contribution in [0.15, 0.2) is 47.6 Å². The van der Waals surface area contributed by atoms with Crippen molar-refractivity contribution < 1.29 is 18.6 Å². The molecule has 0 spiro atoms. The van der Waals surface area contributed by atoms with Gasteiger partial charge in [-0.05, 0) is 61.9 Å². The second kappa shape index (κ2) is 9.86. The summed E-state index contributed by atoms with van der Waals surface area (Å²) in [6, 6.07) is 10.9. The Morgan fingerprint density at radius 3 is 2.74 bits per heavy atom. The third-order valence-corrected chi connectivity index (χ3v) is 5.70. The zero-order valence-corrected chi connectivity index (χ0v) is 18.1. The van der Waals surface area contributed by atoms with Gasteiger partial charge in [0, 0.05) is 18.0 Å². The Morgan fingerprint density at radius 1 is 1.13 bits per heavy atom. The van der Waals surface area contributed by atoms with Crippen molar-refractivity contribution in [1.29, 1.82) is 0 Å². The number of aliphatic imine (C=N–C) groups is 1. The smallest absolute Gasteiger partial charge is 0.165 e. The van der Waals surface area contributed by atoms with Crippen LogP contribution >= 0.6 is 0 Å². The summed E-state index contributed by atoms with van der Waals surface area (Å²) in [5.74, 6) is 1.50. The van der Waals surface area contributed by atoms with Gasteiger partial charge < -0.3 is 19.1 Å². The fraction of sp³-hybridized carbons (Fsp3) is 0.400. The van der Waals surface area contributed by atoms with Gasteiger partial charge in [-0.1, -0.05) is 18.2 Å². The largest absolute Gasteiger partial charge is 0.493 e. The molecular weight excluding hydrogens is 395 g/mol. The Balaban J connectivity index is 1.43. The zero-order chi connectivity index (χ0) is 21.6. The van der Waals surface area contributed by atoms with Gasteiger partial charge in [-0.3, -0.25) is 4.99 Å². The molecule has 1 fully saturated rings. The highest BCUT2D eigenvalue weighted by molar-refractivity contribution is 6.10.